The molecule has 0 amide bonds. The van der Waals surface area contributed by atoms with E-state index in [-0.39, 0.29) is 11.4 Å². The molecule has 6 heteroatoms. The SMILES string of the molecule is COc1ccc(C)cc1S(=O)(=O)NC(C)(CN)C1CC1. The third kappa shape index (κ3) is 2.97. The Kier molecular flexibility index (Phi) is 4.09. The average molecular weight is 298 g/mol. The van der Waals surface area contributed by atoms with Crippen molar-refractivity contribution in [1.29, 1.82) is 0 Å². The summed E-state index contributed by atoms with van der Waals surface area (Å²) < 4.78 is 33.2. The number of hydrogen-bond acceptors (Lipinski definition) is 4. The number of methoxy groups -OCH3 is 1. The molecule has 1 aromatic carbocycles. The Bertz CT molecular complexity index is 596. The molecular weight excluding hydrogens is 276 g/mol. The van der Waals surface area contributed by atoms with Crippen LogP contribution >= 0.6 is 0 Å². The van der Waals surface area contributed by atoms with Crippen LogP contribution in [-0.2, 0) is 10.0 Å². The van der Waals surface area contributed by atoms with Gasteiger partial charge in [-0.2, -0.15) is 0 Å². The van der Waals surface area contributed by atoms with E-state index in [1.807, 2.05) is 19.9 Å². The molecule has 0 aromatic heterocycles. The summed E-state index contributed by atoms with van der Waals surface area (Å²) in [6, 6.07) is 5.10. The summed E-state index contributed by atoms with van der Waals surface area (Å²) in [6.07, 6.45) is 2.03. The van der Waals surface area contributed by atoms with Crippen molar-refractivity contribution in [2.75, 3.05) is 13.7 Å². The van der Waals surface area contributed by atoms with E-state index in [1.54, 1.807) is 12.1 Å². The third-order valence-electron chi connectivity index (χ3n) is 3.88. The second-order valence-electron chi connectivity index (χ2n) is 5.66. The second-order valence-corrected chi connectivity index (χ2v) is 7.31. The number of hydrogen-bond donors (Lipinski definition) is 2. The Labute approximate surface area is 120 Å². The fraction of sp³-hybridized carbons (Fsp3) is 0.571. The maximum atomic E-state index is 12.6. The number of ether oxygens (including phenoxy) is 1. The van der Waals surface area contributed by atoms with Gasteiger partial charge < -0.3 is 10.5 Å². The van der Waals surface area contributed by atoms with Gasteiger partial charge in [-0.3, -0.25) is 0 Å². The lowest BCUT2D eigenvalue weighted by atomic mass is 9.98. The second kappa shape index (κ2) is 5.35. The molecule has 5 nitrogen and oxygen atoms in total. The standard InChI is InChI=1S/C14H22N2O3S/c1-10-4-7-12(19-3)13(8-10)20(17,18)16-14(2,9-15)11-5-6-11/h4,7-8,11,16H,5-6,9,15H2,1-3H3. The van der Waals surface area contributed by atoms with Crippen molar-refractivity contribution in [3.05, 3.63) is 23.8 Å². The van der Waals surface area contributed by atoms with Gasteiger partial charge in [0.05, 0.1) is 7.11 Å². The molecule has 0 spiro atoms. The van der Waals surface area contributed by atoms with Crippen LogP contribution in [0.1, 0.15) is 25.3 Å². The van der Waals surface area contributed by atoms with Crippen molar-refractivity contribution in [2.24, 2.45) is 11.7 Å². The van der Waals surface area contributed by atoms with Gasteiger partial charge in [0, 0.05) is 12.1 Å². The molecule has 1 unspecified atom stereocenters. The minimum atomic E-state index is -3.66. The summed E-state index contributed by atoms with van der Waals surface area (Å²) in [5.74, 6) is 0.663. The van der Waals surface area contributed by atoms with Crippen LogP contribution in [0.15, 0.2) is 23.1 Å². The summed E-state index contributed by atoms with van der Waals surface area (Å²) in [5, 5.41) is 0. The molecule has 3 N–H and O–H groups in total. The molecule has 1 saturated carbocycles. The Morgan fingerprint density at radius 3 is 2.60 bits per heavy atom. The minimum Gasteiger partial charge on any atom is -0.495 e. The number of benzene rings is 1. The number of rotatable bonds is 6. The Balaban J connectivity index is 2.37. The van der Waals surface area contributed by atoms with E-state index < -0.39 is 15.6 Å². The molecule has 112 valence electrons. The number of aryl methyl sites for hydroxylation is 1. The van der Waals surface area contributed by atoms with Crippen molar-refractivity contribution in [1.82, 2.24) is 4.72 Å². The smallest absolute Gasteiger partial charge is 0.244 e. The monoisotopic (exact) mass is 298 g/mol. The van der Waals surface area contributed by atoms with Crippen LogP contribution in [0.25, 0.3) is 0 Å². The molecule has 1 fully saturated rings. The van der Waals surface area contributed by atoms with E-state index >= 15 is 0 Å². The fourth-order valence-corrected chi connectivity index (χ4v) is 4.10. The lowest BCUT2D eigenvalue weighted by Gasteiger charge is -2.29. The largest absolute Gasteiger partial charge is 0.495 e. The molecule has 2 rings (SSSR count). The number of sulfonamides is 1. The Morgan fingerprint density at radius 2 is 2.10 bits per heavy atom. The van der Waals surface area contributed by atoms with Crippen molar-refractivity contribution in [3.8, 4) is 5.75 Å². The van der Waals surface area contributed by atoms with Gasteiger partial charge in [0.15, 0.2) is 0 Å². The zero-order valence-electron chi connectivity index (χ0n) is 12.1. The topological polar surface area (TPSA) is 81.4 Å². The first kappa shape index (κ1) is 15.3. The first-order valence-corrected chi connectivity index (χ1v) is 8.19. The van der Waals surface area contributed by atoms with E-state index in [9.17, 15) is 8.42 Å². The third-order valence-corrected chi connectivity index (χ3v) is 5.51. The highest BCUT2D eigenvalue weighted by atomic mass is 32.2. The van der Waals surface area contributed by atoms with Crippen molar-refractivity contribution < 1.29 is 13.2 Å². The van der Waals surface area contributed by atoms with Crippen LogP contribution < -0.4 is 15.2 Å². The lowest BCUT2D eigenvalue weighted by Crippen LogP contribution is -2.53. The van der Waals surface area contributed by atoms with Crippen molar-refractivity contribution in [2.45, 2.75) is 37.1 Å². The first-order chi connectivity index (χ1) is 9.32. The highest BCUT2D eigenvalue weighted by Gasteiger charge is 2.43. The molecule has 1 aliphatic rings. The lowest BCUT2D eigenvalue weighted by molar-refractivity contribution is 0.370. The van der Waals surface area contributed by atoms with E-state index in [2.05, 4.69) is 4.72 Å². The molecule has 0 heterocycles. The Hall–Kier alpha value is -1.11. The number of nitrogens with one attached hydrogen (secondary N) is 1. The summed E-state index contributed by atoms with van der Waals surface area (Å²) in [7, 11) is -2.19. The summed E-state index contributed by atoms with van der Waals surface area (Å²) in [6.45, 7) is 4.00. The zero-order valence-corrected chi connectivity index (χ0v) is 13.0. The predicted octanol–water partition coefficient (Wildman–Crippen LogP) is 1.41. The van der Waals surface area contributed by atoms with E-state index in [4.69, 9.17) is 10.5 Å². The van der Waals surface area contributed by atoms with Gasteiger partial charge in [-0.15, -0.1) is 0 Å². The van der Waals surface area contributed by atoms with Crippen LogP contribution in [0.3, 0.4) is 0 Å². The van der Waals surface area contributed by atoms with Gasteiger partial charge >= 0.3 is 0 Å². The predicted molar refractivity (Wildman–Crippen MR) is 78.2 cm³/mol. The summed E-state index contributed by atoms with van der Waals surface area (Å²) >= 11 is 0. The van der Waals surface area contributed by atoms with Crippen LogP contribution in [0.4, 0.5) is 0 Å². The molecule has 0 aliphatic heterocycles. The highest BCUT2D eigenvalue weighted by molar-refractivity contribution is 7.89. The van der Waals surface area contributed by atoms with Gasteiger partial charge in [-0.05, 0) is 50.3 Å². The zero-order chi connectivity index (χ0) is 15.0. The average Bonchev–Trinajstić information content (AvgIpc) is 3.22. The van der Waals surface area contributed by atoms with Crippen LogP contribution in [-0.4, -0.2) is 27.6 Å². The quantitative estimate of drug-likeness (QED) is 0.832. The molecule has 1 atom stereocenters. The van der Waals surface area contributed by atoms with Crippen LogP contribution in [0.5, 0.6) is 5.75 Å². The molecule has 0 bridgehead atoms. The molecule has 0 saturated heterocycles. The van der Waals surface area contributed by atoms with Gasteiger partial charge in [0.2, 0.25) is 10.0 Å². The maximum Gasteiger partial charge on any atom is 0.244 e. The van der Waals surface area contributed by atoms with E-state index in [0.29, 0.717) is 11.7 Å². The molecule has 1 aromatic rings. The van der Waals surface area contributed by atoms with Gasteiger partial charge in [0.25, 0.3) is 0 Å². The normalized spacial score (nSPS) is 18.6. The van der Waals surface area contributed by atoms with Crippen LogP contribution in [0.2, 0.25) is 0 Å². The maximum absolute atomic E-state index is 12.6. The first-order valence-electron chi connectivity index (χ1n) is 6.71. The minimum absolute atomic E-state index is 0.167. The summed E-state index contributed by atoms with van der Waals surface area (Å²) in [5.41, 5.74) is 6.05. The number of nitrogens with two attached hydrogens (primary N) is 1. The molecule has 20 heavy (non-hydrogen) atoms. The van der Waals surface area contributed by atoms with Crippen molar-refractivity contribution >= 4 is 10.0 Å². The highest BCUT2D eigenvalue weighted by Crippen LogP contribution is 2.40. The van der Waals surface area contributed by atoms with Gasteiger partial charge in [0.1, 0.15) is 10.6 Å². The summed E-state index contributed by atoms with van der Waals surface area (Å²) in [4.78, 5) is 0.167. The van der Waals surface area contributed by atoms with Crippen molar-refractivity contribution in [3.63, 3.8) is 0 Å². The van der Waals surface area contributed by atoms with Gasteiger partial charge in [-0.1, -0.05) is 6.07 Å². The van der Waals surface area contributed by atoms with E-state index in [0.717, 1.165) is 18.4 Å². The molecular formula is C14H22N2O3S. The van der Waals surface area contributed by atoms with Crippen LogP contribution in [0, 0.1) is 12.8 Å². The fourth-order valence-electron chi connectivity index (χ4n) is 2.37. The molecule has 0 radical (unpaired) electrons. The Morgan fingerprint density at radius 1 is 1.45 bits per heavy atom. The van der Waals surface area contributed by atoms with Gasteiger partial charge in [-0.25, -0.2) is 13.1 Å². The van der Waals surface area contributed by atoms with E-state index in [1.165, 1.54) is 7.11 Å². The molecule has 1 aliphatic carbocycles.